The van der Waals surface area contributed by atoms with E-state index >= 15 is 0 Å². The van der Waals surface area contributed by atoms with Crippen LogP contribution in [0.25, 0.3) is 22.5 Å². The number of hydrogen-bond donors (Lipinski definition) is 3. The van der Waals surface area contributed by atoms with E-state index in [-0.39, 0.29) is 22.9 Å². The van der Waals surface area contributed by atoms with E-state index in [0.29, 0.717) is 35.0 Å². The van der Waals surface area contributed by atoms with Crippen LogP contribution in [0.2, 0.25) is 5.02 Å². The van der Waals surface area contributed by atoms with Crippen LogP contribution in [0.4, 0.5) is 16.6 Å². The average molecular weight is 523 g/mol. The molecule has 0 saturated carbocycles. The fourth-order valence-corrected chi connectivity index (χ4v) is 3.88. The third-order valence-electron chi connectivity index (χ3n) is 4.73. The van der Waals surface area contributed by atoms with Crippen LogP contribution < -0.4 is 15.4 Å². The molecule has 3 aromatic rings. The summed E-state index contributed by atoms with van der Waals surface area (Å²) in [6.45, 7) is 6.14. The number of carbonyl (C=O) groups excluding carboxylic acids is 1. The number of rotatable bonds is 9. The summed E-state index contributed by atoms with van der Waals surface area (Å²) in [7, 11) is -2.29. The lowest BCUT2D eigenvalue weighted by atomic mass is 10.1. The molecule has 3 heterocycles. The Balaban J connectivity index is 1.98. The second-order valence-corrected chi connectivity index (χ2v) is 10.2. The van der Waals surface area contributed by atoms with Crippen LogP contribution in [-0.4, -0.2) is 65.2 Å². The molecule has 1 atom stereocenters. The Labute approximate surface area is 208 Å². The highest BCUT2D eigenvalue weighted by Crippen LogP contribution is 2.37. The summed E-state index contributed by atoms with van der Waals surface area (Å²) in [4.78, 5) is 24.3. The van der Waals surface area contributed by atoms with Gasteiger partial charge in [-0.25, -0.2) is 28.2 Å². The maximum absolute atomic E-state index is 11.7. The van der Waals surface area contributed by atoms with Crippen LogP contribution >= 0.6 is 11.6 Å². The highest BCUT2D eigenvalue weighted by Gasteiger charge is 2.21. The van der Waals surface area contributed by atoms with Gasteiger partial charge in [0.25, 0.3) is 0 Å². The van der Waals surface area contributed by atoms with Gasteiger partial charge in [-0.3, -0.25) is 9.40 Å². The van der Waals surface area contributed by atoms with E-state index in [1.807, 2.05) is 27.0 Å². The molecule has 12 nitrogen and oxygen atoms in total. The molecule has 0 aromatic carbocycles. The van der Waals surface area contributed by atoms with Gasteiger partial charge >= 0.3 is 6.09 Å². The number of nitrogens with zero attached hydrogens (tertiary/aromatic N) is 5. The molecule has 0 unspecified atom stereocenters. The van der Waals surface area contributed by atoms with E-state index < -0.39 is 16.1 Å². The van der Waals surface area contributed by atoms with Crippen LogP contribution in [0.5, 0.6) is 0 Å². The fourth-order valence-electron chi connectivity index (χ4n) is 3.07. The maximum Gasteiger partial charge on any atom is 0.407 e. The number of anilines is 2. The number of carbonyl (C=O) groups is 1. The largest absolute Gasteiger partial charge is 0.453 e. The number of hydrogen-bond acceptors (Lipinski definition) is 9. The van der Waals surface area contributed by atoms with E-state index in [1.54, 1.807) is 23.0 Å². The summed E-state index contributed by atoms with van der Waals surface area (Å²) in [6, 6.07) is 3.20. The molecule has 0 aliphatic rings. The van der Waals surface area contributed by atoms with Crippen molar-refractivity contribution in [2.24, 2.45) is 0 Å². The first-order valence-electron chi connectivity index (χ1n) is 10.6. The Morgan fingerprint density at radius 3 is 2.54 bits per heavy atom. The van der Waals surface area contributed by atoms with Crippen molar-refractivity contribution in [2.45, 2.75) is 32.9 Å². The number of methoxy groups -OCH3 is 1. The van der Waals surface area contributed by atoms with Gasteiger partial charge in [-0.05, 0) is 32.9 Å². The van der Waals surface area contributed by atoms with Gasteiger partial charge in [0.05, 0.1) is 24.1 Å². The second-order valence-electron chi connectivity index (χ2n) is 8.04. The van der Waals surface area contributed by atoms with E-state index in [9.17, 15) is 13.2 Å². The van der Waals surface area contributed by atoms with Crippen molar-refractivity contribution in [3.63, 3.8) is 0 Å². The number of aromatic nitrogens is 5. The van der Waals surface area contributed by atoms with Gasteiger partial charge in [-0.1, -0.05) is 11.6 Å². The van der Waals surface area contributed by atoms with E-state index in [2.05, 4.69) is 40.1 Å². The first kappa shape index (κ1) is 26.2. The number of amides is 1. The van der Waals surface area contributed by atoms with Crippen LogP contribution in [0.1, 0.15) is 26.8 Å². The summed E-state index contributed by atoms with van der Waals surface area (Å²) in [6.07, 6.45) is 5.39. The number of pyridine rings is 1. The SMILES string of the molecule is COC(=O)N[C@@H](C)CNc1nccc(-c2cn(C(C)C)nc2-c2ccnc(NS(C)(=O)=O)c2Cl)n1. The molecule has 0 bridgehead atoms. The Morgan fingerprint density at radius 2 is 1.89 bits per heavy atom. The number of nitrogens with one attached hydrogen (secondary N) is 3. The van der Waals surface area contributed by atoms with E-state index in [1.165, 1.54) is 13.3 Å². The van der Waals surface area contributed by atoms with E-state index in [0.717, 1.165) is 6.26 Å². The third kappa shape index (κ3) is 6.79. The molecule has 3 N–H and O–H groups in total. The zero-order valence-corrected chi connectivity index (χ0v) is 21.5. The molecular weight excluding hydrogens is 496 g/mol. The molecule has 0 spiro atoms. The summed E-state index contributed by atoms with van der Waals surface area (Å²) >= 11 is 6.54. The number of alkyl carbamates (subject to hydrolysis) is 1. The molecular formula is C21H27ClN8O4S. The van der Waals surface area contributed by atoms with Crippen molar-refractivity contribution in [1.82, 2.24) is 30.0 Å². The first-order chi connectivity index (χ1) is 16.5. The second kappa shape index (κ2) is 10.9. The van der Waals surface area contributed by atoms with Gasteiger partial charge in [-0.15, -0.1) is 0 Å². The predicted octanol–water partition coefficient (Wildman–Crippen LogP) is 3.16. The minimum atomic E-state index is -3.58. The highest BCUT2D eigenvalue weighted by atomic mass is 35.5. The van der Waals surface area contributed by atoms with Crippen molar-refractivity contribution in [1.29, 1.82) is 0 Å². The van der Waals surface area contributed by atoms with Crippen molar-refractivity contribution >= 4 is 39.5 Å². The highest BCUT2D eigenvalue weighted by molar-refractivity contribution is 7.92. The average Bonchev–Trinajstić information content (AvgIpc) is 3.24. The van der Waals surface area contributed by atoms with Crippen LogP contribution in [0, 0.1) is 0 Å². The van der Waals surface area contributed by atoms with Gasteiger partial charge in [0.15, 0.2) is 5.82 Å². The summed E-state index contributed by atoms with van der Waals surface area (Å²) in [5.74, 6) is 0.360. The molecule has 35 heavy (non-hydrogen) atoms. The van der Waals surface area contributed by atoms with Crippen molar-refractivity contribution in [3.05, 3.63) is 35.7 Å². The van der Waals surface area contributed by atoms with E-state index in [4.69, 9.17) is 11.6 Å². The fraction of sp³-hybridized carbons (Fsp3) is 0.381. The molecule has 0 saturated heterocycles. The van der Waals surface area contributed by atoms with Crippen LogP contribution in [0.3, 0.4) is 0 Å². The first-order valence-corrected chi connectivity index (χ1v) is 12.9. The molecule has 14 heteroatoms. The number of halogens is 1. The summed E-state index contributed by atoms with van der Waals surface area (Å²) in [5.41, 5.74) is 2.24. The Morgan fingerprint density at radius 1 is 1.17 bits per heavy atom. The quantitative estimate of drug-likeness (QED) is 0.384. The van der Waals surface area contributed by atoms with Gasteiger partial charge in [0.1, 0.15) is 5.69 Å². The van der Waals surface area contributed by atoms with Crippen LogP contribution in [0.15, 0.2) is 30.7 Å². The Bertz CT molecular complexity index is 1310. The zero-order chi connectivity index (χ0) is 25.8. The lowest BCUT2D eigenvalue weighted by molar-refractivity contribution is 0.168. The monoisotopic (exact) mass is 522 g/mol. The topological polar surface area (TPSA) is 153 Å². The van der Waals surface area contributed by atoms with Gasteiger partial charge < -0.3 is 15.4 Å². The maximum atomic E-state index is 11.7. The Hall–Kier alpha value is -3.45. The molecule has 0 radical (unpaired) electrons. The molecule has 3 rings (SSSR count). The summed E-state index contributed by atoms with van der Waals surface area (Å²) in [5, 5.41) is 10.5. The molecule has 188 valence electrons. The Kier molecular flexibility index (Phi) is 8.12. The van der Waals surface area contributed by atoms with Crippen molar-refractivity contribution in [2.75, 3.05) is 29.9 Å². The van der Waals surface area contributed by atoms with Crippen molar-refractivity contribution in [3.8, 4) is 22.5 Å². The third-order valence-corrected chi connectivity index (χ3v) is 5.68. The number of sulfonamides is 1. The van der Waals surface area contributed by atoms with Crippen molar-refractivity contribution < 1.29 is 17.9 Å². The molecule has 1 amide bonds. The summed E-state index contributed by atoms with van der Waals surface area (Å²) < 4.78 is 32.1. The minimum absolute atomic E-state index is 0.00819. The molecule has 3 aromatic heterocycles. The predicted molar refractivity (Wildman–Crippen MR) is 134 cm³/mol. The zero-order valence-electron chi connectivity index (χ0n) is 19.9. The number of ether oxygens (including phenoxy) is 1. The lowest BCUT2D eigenvalue weighted by Gasteiger charge is -2.14. The normalized spacial score (nSPS) is 12.3. The minimum Gasteiger partial charge on any atom is -0.453 e. The van der Waals surface area contributed by atoms with Crippen LogP contribution in [-0.2, 0) is 14.8 Å². The van der Waals surface area contributed by atoms with Gasteiger partial charge in [-0.2, -0.15) is 5.10 Å². The standard InChI is InChI=1S/C21H27ClN8O4S/c1-12(2)30-11-15(16-7-9-24-20(27-16)25-10-13(3)26-21(31)34-4)18(28-30)14-6-8-23-19(17(14)22)29-35(5,32)33/h6-9,11-13H,10H2,1-5H3,(H,23,29)(H,26,31)(H,24,25,27)/t13-/m0/s1. The smallest absolute Gasteiger partial charge is 0.407 e. The molecule has 0 fully saturated rings. The molecule has 0 aliphatic carbocycles. The lowest BCUT2D eigenvalue weighted by Crippen LogP contribution is -2.37. The molecule has 0 aliphatic heterocycles. The van der Waals surface area contributed by atoms with Gasteiger partial charge in [0.2, 0.25) is 16.0 Å². The van der Waals surface area contributed by atoms with Gasteiger partial charge in [0, 0.05) is 48.3 Å².